The van der Waals surface area contributed by atoms with Crippen molar-refractivity contribution in [3.63, 3.8) is 0 Å². The molecule has 2 aliphatic heterocycles. The smallest absolute Gasteiger partial charge is 0.160 e. The highest BCUT2D eigenvalue weighted by atomic mass is 16.6. The molecule has 0 radical (unpaired) electrons. The lowest BCUT2D eigenvalue weighted by Gasteiger charge is -2.41. The van der Waals surface area contributed by atoms with Crippen LogP contribution in [0.2, 0.25) is 0 Å². The average Bonchev–Trinajstić information content (AvgIpc) is 3.58. The maximum atomic E-state index is 10.7. The number of rotatable bonds is 8. The molecule has 248 valence electrons. The van der Waals surface area contributed by atoms with Gasteiger partial charge >= 0.3 is 0 Å². The van der Waals surface area contributed by atoms with Gasteiger partial charge in [0.2, 0.25) is 0 Å². The van der Waals surface area contributed by atoms with Crippen molar-refractivity contribution in [3.05, 3.63) is 100 Å². The van der Waals surface area contributed by atoms with Crippen molar-refractivity contribution >= 4 is 10.9 Å². The van der Waals surface area contributed by atoms with Crippen molar-refractivity contribution < 1.29 is 34.3 Å². The molecule has 0 amide bonds. The Morgan fingerprint density at radius 1 is 0.938 bits per heavy atom. The standard InChI is InChI=1S/C39H40N2O7/c1-40-20-46-35-18-31-30-15-24(14-21-3-9-32-22(13-21)11-12-41-32)29-17-25(43)5-7-27(29)36(30)39-28(8-6-26(19-42)47-39)38(31)48-37(35)23-4-10-33(44)34(16-23)45-2/h3-5,7,9-13,16-17,24,26,35,37,40-44H,6,8,14-15,18-20H2,1-2H3. The highest BCUT2D eigenvalue weighted by molar-refractivity contribution is 5.85. The number of hydrogen-bond acceptors (Lipinski definition) is 8. The van der Waals surface area contributed by atoms with E-state index in [0.717, 1.165) is 68.8 Å². The number of hydrogen-bond donors (Lipinski definition) is 5. The highest BCUT2D eigenvalue weighted by Gasteiger charge is 2.42. The quantitative estimate of drug-likeness (QED) is 0.129. The molecule has 4 aromatic carbocycles. The molecule has 0 bridgehead atoms. The predicted molar refractivity (Wildman–Crippen MR) is 182 cm³/mol. The number of aromatic hydroxyl groups is 2. The van der Waals surface area contributed by atoms with Gasteiger partial charge in [-0.15, -0.1) is 0 Å². The fourth-order valence-corrected chi connectivity index (χ4v) is 7.92. The highest BCUT2D eigenvalue weighted by Crippen LogP contribution is 2.56. The van der Waals surface area contributed by atoms with Crippen molar-refractivity contribution in [2.24, 2.45) is 0 Å². The first-order chi connectivity index (χ1) is 23.4. The Balaban J connectivity index is 1.29. The second-order valence-electron chi connectivity index (χ2n) is 13.1. The molecule has 9 nitrogen and oxygen atoms in total. The molecule has 1 aromatic heterocycles. The van der Waals surface area contributed by atoms with E-state index in [0.29, 0.717) is 31.7 Å². The van der Waals surface area contributed by atoms with E-state index in [2.05, 4.69) is 34.6 Å². The number of aromatic amines is 1. The van der Waals surface area contributed by atoms with Gasteiger partial charge in [0.1, 0.15) is 29.5 Å². The summed E-state index contributed by atoms with van der Waals surface area (Å²) in [5, 5.41) is 35.5. The molecule has 5 aromatic rings. The van der Waals surface area contributed by atoms with Gasteiger partial charge in [-0.3, -0.25) is 5.32 Å². The number of aliphatic hydroxyl groups is 1. The maximum absolute atomic E-state index is 10.7. The first-order valence-electron chi connectivity index (χ1n) is 16.6. The SMILES string of the molecule is CNCOC1Cc2c3c(c4c(c2OC1c1ccc(O)c(OC)c1)CCC(CO)O4)-c1ccc(O)cc1C(Cc1ccc2[nH]ccc2c1)C3. The van der Waals surface area contributed by atoms with Gasteiger partial charge in [0.05, 0.1) is 20.4 Å². The molecule has 1 aliphatic carbocycles. The van der Waals surface area contributed by atoms with Crippen LogP contribution in [0.15, 0.2) is 66.9 Å². The van der Waals surface area contributed by atoms with E-state index in [1.165, 1.54) is 18.1 Å². The van der Waals surface area contributed by atoms with E-state index in [9.17, 15) is 15.3 Å². The summed E-state index contributed by atoms with van der Waals surface area (Å²) in [7, 11) is 3.39. The zero-order chi connectivity index (χ0) is 32.9. The van der Waals surface area contributed by atoms with Gasteiger partial charge in [0.25, 0.3) is 0 Å². The lowest BCUT2D eigenvalue weighted by Crippen LogP contribution is -2.37. The fourth-order valence-electron chi connectivity index (χ4n) is 7.92. The van der Waals surface area contributed by atoms with Crippen LogP contribution in [0.25, 0.3) is 22.0 Å². The van der Waals surface area contributed by atoms with Crippen LogP contribution in [0.4, 0.5) is 0 Å². The largest absolute Gasteiger partial charge is 0.508 e. The minimum atomic E-state index is -0.463. The molecule has 5 N–H and O–H groups in total. The molecule has 3 aliphatic rings. The molecule has 9 heteroatoms. The Morgan fingerprint density at radius 3 is 2.67 bits per heavy atom. The second kappa shape index (κ2) is 12.4. The zero-order valence-corrected chi connectivity index (χ0v) is 27.1. The van der Waals surface area contributed by atoms with Crippen molar-refractivity contribution in [1.29, 1.82) is 0 Å². The number of methoxy groups -OCH3 is 1. The second-order valence-corrected chi connectivity index (χ2v) is 13.1. The zero-order valence-electron chi connectivity index (χ0n) is 27.1. The summed E-state index contributed by atoms with van der Waals surface area (Å²) in [6.45, 7) is 0.268. The molecule has 4 atom stereocenters. The summed E-state index contributed by atoms with van der Waals surface area (Å²) in [6, 6.07) is 19.6. The van der Waals surface area contributed by atoms with Gasteiger partial charge < -0.3 is 39.3 Å². The Morgan fingerprint density at radius 2 is 1.83 bits per heavy atom. The third-order valence-electron chi connectivity index (χ3n) is 10.2. The van der Waals surface area contributed by atoms with E-state index in [1.54, 1.807) is 12.1 Å². The van der Waals surface area contributed by atoms with Crippen LogP contribution < -0.4 is 19.5 Å². The monoisotopic (exact) mass is 648 g/mol. The molecule has 8 rings (SSSR count). The molecule has 0 saturated carbocycles. The third kappa shape index (κ3) is 5.23. The van der Waals surface area contributed by atoms with Crippen LogP contribution in [-0.2, 0) is 30.4 Å². The first kappa shape index (κ1) is 30.6. The number of phenolic OH excluding ortho intramolecular Hbond substituents is 2. The topological polar surface area (TPSA) is 125 Å². The van der Waals surface area contributed by atoms with Gasteiger partial charge in [-0.05, 0) is 114 Å². The number of phenols is 2. The molecule has 4 unspecified atom stereocenters. The van der Waals surface area contributed by atoms with Crippen LogP contribution in [-0.4, -0.2) is 60.0 Å². The number of ether oxygens (including phenoxy) is 4. The van der Waals surface area contributed by atoms with Crippen LogP contribution in [0.3, 0.4) is 0 Å². The Hall–Kier alpha value is -4.70. The van der Waals surface area contributed by atoms with Crippen molar-refractivity contribution in [3.8, 4) is 39.9 Å². The van der Waals surface area contributed by atoms with Crippen molar-refractivity contribution in [2.75, 3.05) is 27.5 Å². The van der Waals surface area contributed by atoms with Gasteiger partial charge in [-0.1, -0.05) is 18.2 Å². The average molecular weight is 649 g/mol. The summed E-state index contributed by atoms with van der Waals surface area (Å²) in [6.07, 6.45) is 4.33. The molecule has 0 saturated heterocycles. The molecular weight excluding hydrogens is 608 g/mol. The number of H-pyrrole nitrogens is 1. The van der Waals surface area contributed by atoms with Crippen LogP contribution in [0.1, 0.15) is 51.8 Å². The number of fused-ring (bicyclic) bond motifs is 9. The van der Waals surface area contributed by atoms with Gasteiger partial charge in [0, 0.05) is 34.8 Å². The van der Waals surface area contributed by atoms with Crippen LogP contribution in [0, 0.1) is 0 Å². The van der Waals surface area contributed by atoms with Gasteiger partial charge in [0.15, 0.2) is 17.6 Å². The minimum absolute atomic E-state index is 0.0615. The van der Waals surface area contributed by atoms with E-state index in [1.807, 2.05) is 37.5 Å². The normalized spacial score (nSPS) is 21.0. The number of nitrogens with one attached hydrogen (secondary N) is 2. The predicted octanol–water partition coefficient (Wildman–Crippen LogP) is 6.06. The van der Waals surface area contributed by atoms with Gasteiger partial charge in [-0.25, -0.2) is 0 Å². The number of aliphatic hydroxyl groups excluding tert-OH is 1. The molecular formula is C39H40N2O7. The summed E-state index contributed by atoms with van der Waals surface area (Å²) in [5.74, 6) is 2.33. The van der Waals surface area contributed by atoms with Crippen molar-refractivity contribution in [2.45, 2.75) is 56.3 Å². The van der Waals surface area contributed by atoms with E-state index in [4.69, 9.17) is 18.9 Å². The summed E-state index contributed by atoms with van der Waals surface area (Å²) >= 11 is 0. The van der Waals surface area contributed by atoms with Crippen LogP contribution in [0.5, 0.6) is 28.7 Å². The Labute approximate surface area is 279 Å². The van der Waals surface area contributed by atoms with Crippen LogP contribution >= 0.6 is 0 Å². The first-order valence-corrected chi connectivity index (χ1v) is 16.6. The molecule has 0 fully saturated rings. The number of aromatic nitrogens is 1. The Bertz CT molecular complexity index is 2000. The van der Waals surface area contributed by atoms with Gasteiger partial charge in [-0.2, -0.15) is 0 Å². The fraction of sp³-hybridized carbons (Fsp3) is 0.333. The van der Waals surface area contributed by atoms with Crippen molar-refractivity contribution in [1.82, 2.24) is 10.3 Å². The minimum Gasteiger partial charge on any atom is -0.508 e. The summed E-state index contributed by atoms with van der Waals surface area (Å²) in [4.78, 5) is 3.29. The molecule has 0 spiro atoms. The molecule has 3 heterocycles. The summed E-state index contributed by atoms with van der Waals surface area (Å²) in [5.41, 5.74) is 9.58. The number of benzene rings is 4. The summed E-state index contributed by atoms with van der Waals surface area (Å²) < 4.78 is 25.5. The van der Waals surface area contributed by atoms with E-state index >= 15 is 0 Å². The Kier molecular flexibility index (Phi) is 7.91. The molecule has 48 heavy (non-hydrogen) atoms. The third-order valence-corrected chi connectivity index (χ3v) is 10.2. The van der Waals surface area contributed by atoms with E-state index < -0.39 is 6.10 Å². The maximum Gasteiger partial charge on any atom is 0.160 e. The lowest BCUT2D eigenvalue weighted by molar-refractivity contribution is -0.0436. The van der Waals surface area contributed by atoms with E-state index in [-0.39, 0.29) is 36.2 Å². The lowest BCUT2D eigenvalue weighted by atomic mass is 9.72.